The fourth-order valence-corrected chi connectivity index (χ4v) is 7.24. The van der Waals surface area contributed by atoms with Crippen molar-refractivity contribution in [3.63, 3.8) is 0 Å². The van der Waals surface area contributed by atoms with Gasteiger partial charge in [-0.05, 0) is 74.7 Å². The number of amides is 4. The van der Waals surface area contributed by atoms with Crippen LogP contribution in [0.4, 0.5) is 21.9 Å². The van der Waals surface area contributed by atoms with Crippen LogP contribution in [0.15, 0.2) is 60.8 Å². The molecule has 2 atom stereocenters. The van der Waals surface area contributed by atoms with Crippen molar-refractivity contribution in [1.29, 1.82) is 0 Å². The third-order valence-corrected chi connectivity index (χ3v) is 9.41. The zero-order valence-corrected chi connectivity index (χ0v) is 24.6. The molecule has 0 radical (unpaired) electrons. The smallest absolute Gasteiger partial charge is 0.331 e. The molecule has 2 unspecified atom stereocenters. The number of carbonyl (C=O) groups excluding carboxylic acids is 3. The van der Waals surface area contributed by atoms with Crippen LogP contribution in [0.1, 0.15) is 34.5 Å². The minimum absolute atomic E-state index is 0.0142. The number of anilines is 3. The minimum atomic E-state index is -0.355. The summed E-state index contributed by atoms with van der Waals surface area (Å²) in [6, 6.07) is 16.4. The van der Waals surface area contributed by atoms with E-state index in [1.807, 2.05) is 60.4 Å². The molecule has 10 nitrogen and oxygen atoms in total. The molecular weight excluding hydrogens is 564 g/mol. The quantitative estimate of drug-likeness (QED) is 0.274. The van der Waals surface area contributed by atoms with Gasteiger partial charge >= 0.3 is 6.03 Å². The normalized spacial score (nSPS) is 19.8. The number of carbonyl (C=O) groups is 3. The number of ether oxygens (including phenoxy) is 1. The lowest BCUT2D eigenvalue weighted by atomic mass is 10.0. The van der Waals surface area contributed by atoms with Gasteiger partial charge in [0.2, 0.25) is 5.91 Å². The molecule has 7 rings (SSSR count). The number of hydrogen-bond donors (Lipinski definition) is 3. The van der Waals surface area contributed by atoms with Crippen LogP contribution in [-0.4, -0.2) is 60.0 Å². The summed E-state index contributed by atoms with van der Waals surface area (Å²) in [5.74, 6) is 1.31. The van der Waals surface area contributed by atoms with Gasteiger partial charge in [-0.25, -0.2) is 9.78 Å². The van der Waals surface area contributed by atoms with Crippen LogP contribution in [0, 0.1) is 12.8 Å². The van der Waals surface area contributed by atoms with Gasteiger partial charge in [0.05, 0.1) is 28.4 Å². The van der Waals surface area contributed by atoms with E-state index in [0.29, 0.717) is 52.2 Å². The summed E-state index contributed by atoms with van der Waals surface area (Å²) in [4.78, 5) is 49.3. The molecule has 0 aliphatic carbocycles. The topological polar surface area (TPSA) is 116 Å². The van der Waals surface area contributed by atoms with Crippen molar-refractivity contribution >= 4 is 56.5 Å². The van der Waals surface area contributed by atoms with Gasteiger partial charge in [-0.3, -0.25) is 14.5 Å². The number of para-hydroxylation sites is 1. The highest BCUT2D eigenvalue weighted by atomic mass is 32.1. The van der Waals surface area contributed by atoms with Crippen molar-refractivity contribution in [3.8, 4) is 11.5 Å². The lowest BCUT2D eigenvalue weighted by Gasteiger charge is -2.34. The van der Waals surface area contributed by atoms with Gasteiger partial charge < -0.3 is 25.6 Å². The third kappa shape index (κ3) is 5.19. The number of aromatic nitrogens is 1. The molecule has 3 aliphatic heterocycles. The zero-order chi connectivity index (χ0) is 29.5. The number of rotatable bonds is 6. The number of nitrogens with one attached hydrogen (secondary N) is 3. The molecule has 2 aromatic carbocycles. The number of thiophene rings is 1. The van der Waals surface area contributed by atoms with Gasteiger partial charge in [0.15, 0.2) is 0 Å². The van der Waals surface area contributed by atoms with Crippen LogP contribution < -0.4 is 25.6 Å². The summed E-state index contributed by atoms with van der Waals surface area (Å²) in [5, 5.41) is 10.1. The molecule has 2 fully saturated rings. The second-order valence-corrected chi connectivity index (χ2v) is 12.2. The number of likely N-dealkylation sites (tertiary alicyclic amines) is 1. The first-order chi connectivity index (χ1) is 21.0. The average Bonchev–Trinajstić information content (AvgIpc) is 3.68. The fourth-order valence-electron chi connectivity index (χ4n) is 6.22. The molecule has 4 amide bonds. The van der Waals surface area contributed by atoms with Crippen molar-refractivity contribution in [1.82, 2.24) is 20.5 Å². The standard InChI is InChI=1S/C32H32N6O4S/c1-19-16-23(42-22-7-3-2-4-8-22)9-10-24(19)38-25-12-14-34-30-26(25)27(36-32(38)41)28(43-30)29(39)35-21-6-5-15-37(18-21)31(40)20-11-13-33-17-20/h2-4,7-10,12,14,16,20-21,33H,5-6,11,13,15,17-18H2,1H3,(H,35,39)(H,36,41). The van der Waals surface area contributed by atoms with Crippen LogP contribution in [0.25, 0.3) is 10.2 Å². The van der Waals surface area contributed by atoms with Crippen LogP contribution in [0.5, 0.6) is 11.5 Å². The van der Waals surface area contributed by atoms with E-state index in [4.69, 9.17) is 4.74 Å². The SMILES string of the molecule is Cc1cc(Oc2ccccc2)ccc1N1C(=O)Nc2c(C(=O)NC3CCCN(C(=O)C4CCNC4)C3)sc3nccc1c23. The Kier molecular flexibility index (Phi) is 7.20. The number of aryl methyl sites for hydroxylation is 1. The molecule has 2 saturated heterocycles. The molecule has 220 valence electrons. The summed E-state index contributed by atoms with van der Waals surface area (Å²) >= 11 is 1.26. The number of benzene rings is 2. The first kappa shape index (κ1) is 27.4. The monoisotopic (exact) mass is 596 g/mol. The number of pyridine rings is 1. The van der Waals surface area contributed by atoms with E-state index in [2.05, 4.69) is 20.9 Å². The Morgan fingerprint density at radius 2 is 1.93 bits per heavy atom. The Balaban J connectivity index is 1.13. The summed E-state index contributed by atoms with van der Waals surface area (Å²) in [6.07, 6.45) is 4.15. The summed E-state index contributed by atoms with van der Waals surface area (Å²) < 4.78 is 5.98. The Labute approximate surface area is 253 Å². The van der Waals surface area contributed by atoms with Crippen LogP contribution >= 0.6 is 11.3 Å². The Morgan fingerprint density at radius 1 is 1.07 bits per heavy atom. The van der Waals surface area contributed by atoms with Crippen molar-refractivity contribution in [2.24, 2.45) is 5.92 Å². The van der Waals surface area contributed by atoms with E-state index in [0.717, 1.165) is 42.5 Å². The number of nitrogens with zero attached hydrogens (tertiary/aromatic N) is 3. The average molecular weight is 597 g/mol. The van der Waals surface area contributed by atoms with Crippen LogP contribution in [0.3, 0.4) is 0 Å². The Hall–Kier alpha value is -4.48. The van der Waals surface area contributed by atoms with Gasteiger partial charge in [0.1, 0.15) is 21.2 Å². The summed E-state index contributed by atoms with van der Waals surface area (Å²) in [6.45, 7) is 4.73. The number of piperidine rings is 1. The molecule has 0 spiro atoms. The molecule has 4 aromatic rings. The molecule has 11 heteroatoms. The molecule has 2 aromatic heterocycles. The van der Waals surface area contributed by atoms with E-state index >= 15 is 0 Å². The highest BCUT2D eigenvalue weighted by Crippen LogP contribution is 2.46. The maximum Gasteiger partial charge on any atom is 0.331 e. The summed E-state index contributed by atoms with van der Waals surface area (Å²) in [7, 11) is 0. The third-order valence-electron chi connectivity index (χ3n) is 8.32. The van der Waals surface area contributed by atoms with Crippen molar-refractivity contribution in [3.05, 3.63) is 71.2 Å². The van der Waals surface area contributed by atoms with E-state index < -0.39 is 0 Å². The van der Waals surface area contributed by atoms with Crippen molar-refractivity contribution < 1.29 is 19.1 Å². The van der Waals surface area contributed by atoms with Crippen molar-refractivity contribution in [2.75, 3.05) is 36.4 Å². The summed E-state index contributed by atoms with van der Waals surface area (Å²) in [5.41, 5.74) is 2.70. The van der Waals surface area contributed by atoms with E-state index in [9.17, 15) is 14.4 Å². The molecule has 3 aliphatic rings. The molecule has 5 heterocycles. The number of urea groups is 1. The molecular formula is C32H32N6O4S. The predicted octanol–water partition coefficient (Wildman–Crippen LogP) is 5.41. The Bertz CT molecular complexity index is 1720. The van der Waals surface area contributed by atoms with Gasteiger partial charge in [-0.1, -0.05) is 18.2 Å². The highest BCUT2D eigenvalue weighted by molar-refractivity contribution is 7.21. The van der Waals surface area contributed by atoms with E-state index in [1.54, 1.807) is 17.2 Å². The highest BCUT2D eigenvalue weighted by Gasteiger charge is 2.35. The van der Waals surface area contributed by atoms with E-state index in [-0.39, 0.29) is 29.8 Å². The fraction of sp³-hybridized carbons (Fsp3) is 0.312. The van der Waals surface area contributed by atoms with Gasteiger partial charge in [-0.2, -0.15) is 0 Å². The zero-order valence-electron chi connectivity index (χ0n) is 23.8. The number of hydrogen-bond acceptors (Lipinski definition) is 7. The van der Waals surface area contributed by atoms with Crippen molar-refractivity contribution in [2.45, 2.75) is 32.2 Å². The first-order valence-electron chi connectivity index (χ1n) is 14.6. The molecule has 0 bridgehead atoms. The molecule has 3 N–H and O–H groups in total. The van der Waals surface area contributed by atoms with Gasteiger partial charge in [0.25, 0.3) is 5.91 Å². The first-order valence-corrected chi connectivity index (χ1v) is 15.4. The van der Waals surface area contributed by atoms with Gasteiger partial charge in [-0.15, -0.1) is 11.3 Å². The van der Waals surface area contributed by atoms with Crippen LogP contribution in [0.2, 0.25) is 0 Å². The molecule has 43 heavy (non-hydrogen) atoms. The maximum absolute atomic E-state index is 13.6. The second-order valence-electron chi connectivity index (χ2n) is 11.2. The lowest BCUT2D eigenvalue weighted by Crippen LogP contribution is -2.51. The minimum Gasteiger partial charge on any atom is -0.457 e. The lowest BCUT2D eigenvalue weighted by molar-refractivity contribution is -0.136. The Morgan fingerprint density at radius 3 is 2.72 bits per heavy atom. The van der Waals surface area contributed by atoms with Gasteiger partial charge in [0, 0.05) is 31.9 Å². The van der Waals surface area contributed by atoms with E-state index in [1.165, 1.54) is 11.3 Å². The largest absolute Gasteiger partial charge is 0.457 e. The van der Waals surface area contributed by atoms with Crippen LogP contribution in [-0.2, 0) is 4.79 Å². The molecule has 0 saturated carbocycles. The second kappa shape index (κ2) is 11.3. The maximum atomic E-state index is 13.6. The predicted molar refractivity (Wildman–Crippen MR) is 167 cm³/mol.